The molecule has 1 aromatic heterocycles. The van der Waals surface area contributed by atoms with Crippen molar-refractivity contribution in [3.8, 4) is 11.6 Å². The molecule has 1 heterocycles. The molecule has 0 fully saturated rings. The van der Waals surface area contributed by atoms with Crippen LogP contribution in [0.3, 0.4) is 0 Å². The number of aromatic hydroxyl groups is 1. The number of rotatable bonds is 4. The van der Waals surface area contributed by atoms with E-state index in [0.717, 1.165) is 21.3 Å². The Labute approximate surface area is 135 Å². The van der Waals surface area contributed by atoms with Crippen LogP contribution in [-0.2, 0) is 6.54 Å². The Bertz CT molecular complexity index is 841. The third kappa shape index (κ3) is 2.46. The van der Waals surface area contributed by atoms with Gasteiger partial charge in [0.2, 0.25) is 5.88 Å². The molecule has 2 aromatic carbocycles. The molecule has 112 valence electrons. The fourth-order valence-corrected chi connectivity index (χ4v) is 2.82. The van der Waals surface area contributed by atoms with Crippen molar-refractivity contribution < 1.29 is 9.84 Å². The molecule has 0 atom stereocenters. The Kier molecular flexibility index (Phi) is 3.85. The van der Waals surface area contributed by atoms with E-state index in [-0.39, 0.29) is 11.6 Å². The van der Waals surface area contributed by atoms with Crippen LogP contribution in [0.4, 0.5) is 5.69 Å². The zero-order valence-corrected chi connectivity index (χ0v) is 13.4. The van der Waals surface area contributed by atoms with Gasteiger partial charge in [0, 0.05) is 9.86 Å². The Balaban J connectivity index is 2.09. The molecule has 0 aliphatic carbocycles. The first-order chi connectivity index (χ1) is 10.6. The van der Waals surface area contributed by atoms with Crippen LogP contribution < -0.4 is 4.74 Å². The maximum absolute atomic E-state index is 11.0. The first-order valence-corrected chi connectivity index (χ1v) is 7.40. The monoisotopic (exact) mass is 360 g/mol. The van der Waals surface area contributed by atoms with Crippen molar-refractivity contribution in [3.05, 3.63) is 57.4 Å². The molecule has 6 heteroatoms. The van der Waals surface area contributed by atoms with E-state index >= 15 is 0 Å². The average molecular weight is 361 g/mol. The highest BCUT2D eigenvalue weighted by Crippen LogP contribution is 2.40. The number of halogens is 1. The summed E-state index contributed by atoms with van der Waals surface area (Å²) in [5, 5.41) is 13.9. The molecule has 0 saturated carbocycles. The Hall–Kier alpha value is -2.34. The van der Waals surface area contributed by atoms with Gasteiger partial charge in [-0.05, 0) is 41.1 Å². The molecule has 0 radical (unpaired) electrons. The van der Waals surface area contributed by atoms with Crippen LogP contribution in [0.15, 0.2) is 52.1 Å². The number of benzene rings is 2. The molecule has 0 aliphatic rings. The lowest BCUT2D eigenvalue weighted by molar-refractivity contribution is 0.414. The van der Waals surface area contributed by atoms with Gasteiger partial charge in [0.1, 0.15) is 5.75 Å². The van der Waals surface area contributed by atoms with E-state index in [2.05, 4.69) is 21.1 Å². The smallest absolute Gasteiger partial charge is 0.222 e. The number of ether oxygens (including phenoxy) is 1. The van der Waals surface area contributed by atoms with Crippen molar-refractivity contribution >= 4 is 32.5 Å². The molecule has 3 aromatic rings. The van der Waals surface area contributed by atoms with Gasteiger partial charge in [-0.1, -0.05) is 28.1 Å². The number of methoxy groups -OCH3 is 1. The normalized spacial score (nSPS) is 10.8. The fraction of sp³-hybridized carbons (Fsp3) is 0.125. The Morgan fingerprint density at radius 2 is 1.95 bits per heavy atom. The third-order valence-electron chi connectivity index (χ3n) is 3.56. The SMILES string of the molecule is COc1ccc(Cn2c(O)c(N=O)c3cc(Br)ccc32)cc1. The van der Waals surface area contributed by atoms with Crippen LogP contribution in [0.5, 0.6) is 11.6 Å². The summed E-state index contributed by atoms with van der Waals surface area (Å²) in [6, 6.07) is 13.0. The second-order valence-electron chi connectivity index (χ2n) is 4.86. The van der Waals surface area contributed by atoms with Crippen molar-refractivity contribution in [2.75, 3.05) is 7.11 Å². The van der Waals surface area contributed by atoms with Gasteiger partial charge in [-0.3, -0.25) is 0 Å². The minimum absolute atomic E-state index is 0.0600. The van der Waals surface area contributed by atoms with E-state index in [1.54, 1.807) is 17.7 Å². The first-order valence-electron chi connectivity index (χ1n) is 6.61. The molecule has 0 spiro atoms. The molecule has 0 unspecified atom stereocenters. The van der Waals surface area contributed by atoms with Crippen LogP contribution in [0.2, 0.25) is 0 Å². The van der Waals surface area contributed by atoms with Crippen LogP contribution in [0, 0.1) is 4.91 Å². The molecule has 0 bridgehead atoms. The standard InChI is InChI=1S/C16H13BrN2O3/c1-22-12-5-2-10(3-6-12)9-19-14-7-4-11(17)8-13(14)15(18-21)16(19)20/h2-8,20H,9H2,1H3. The van der Waals surface area contributed by atoms with E-state index in [1.807, 2.05) is 36.4 Å². The number of hydrogen-bond acceptors (Lipinski definition) is 4. The van der Waals surface area contributed by atoms with Crippen molar-refractivity contribution in [2.24, 2.45) is 5.18 Å². The van der Waals surface area contributed by atoms with Gasteiger partial charge in [0.05, 0.1) is 19.2 Å². The molecule has 0 saturated heterocycles. The summed E-state index contributed by atoms with van der Waals surface area (Å²) in [6.07, 6.45) is 0. The van der Waals surface area contributed by atoms with Gasteiger partial charge in [-0.25, -0.2) is 0 Å². The molecule has 0 amide bonds. The topological polar surface area (TPSA) is 63.8 Å². The van der Waals surface area contributed by atoms with Crippen molar-refractivity contribution in [2.45, 2.75) is 6.54 Å². The van der Waals surface area contributed by atoms with Gasteiger partial charge < -0.3 is 14.4 Å². The van der Waals surface area contributed by atoms with Crippen molar-refractivity contribution in [1.29, 1.82) is 0 Å². The largest absolute Gasteiger partial charge is 0.497 e. The van der Waals surface area contributed by atoms with E-state index in [4.69, 9.17) is 4.74 Å². The lowest BCUT2D eigenvalue weighted by atomic mass is 10.2. The van der Waals surface area contributed by atoms with Crippen LogP contribution >= 0.6 is 15.9 Å². The highest BCUT2D eigenvalue weighted by atomic mass is 79.9. The summed E-state index contributed by atoms with van der Waals surface area (Å²) >= 11 is 3.36. The zero-order chi connectivity index (χ0) is 15.7. The molecule has 0 aliphatic heterocycles. The minimum Gasteiger partial charge on any atom is -0.497 e. The molecular formula is C16H13BrN2O3. The Morgan fingerprint density at radius 1 is 1.23 bits per heavy atom. The number of aromatic nitrogens is 1. The summed E-state index contributed by atoms with van der Waals surface area (Å²) in [5.74, 6) is 0.642. The zero-order valence-electron chi connectivity index (χ0n) is 11.8. The Morgan fingerprint density at radius 3 is 2.59 bits per heavy atom. The number of fused-ring (bicyclic) bond motifs is 1. The lowest BCUT2D eigenvalue weighted by Gasteiger charge is -2.08. The van der Waals surface area contributed by atoms with Crippen molar-refractivity contribution in [3.63, 3.8) is 0 Å². The summed E-state index contributed by atoms with van der Waals surface area (Å²) in [5.41, 5.74) is 1.80. The second-order valence-corrected chi connectivity index (χ2v) is 5.77. The van der Waals surface area contributed by atoms with E-state index in [1.165, 1.54) is 0 Å². The fourth-order valence-electron chi connectivity index (χ4n) is 2.46. The van der Waals surface area contributed by atoms with Gasteiger partial charge in [0.15, 0.2) is 5.69 Å². The summed E-state index contributed by atoms with van der Waals surface area (Å²) < 4.78 is 7.62. The van der Waals surface area contributed by atoms with Gasteiger partial charge in [-0.15, -0.1) is 4.91 Å². The summed E-state index contributed by atoms with van der Waals surface area (Å²) in [6.45, 7) is 0.434. The molecule has 3 rings (SSSR count). The maximum atomic E-state index is 11.0. The van der Waals surface area contributed by atoms with Gasteiger partial charge >= 0.3 is 0 Å². The highest BCUT2D eigenvalue weighted by molar-refractivity contribution is 9.10. The number of nitroso groups, excluding NO2 is 1. The lowest BCUT2D eigenvalue weighted by Crippen LogP contribution is -1.98. The maximum Gasteiger partial charge on any atom is 0.222 e. The molecule has 1 N–H and O–H groups in total. The number of hydrogen-bond donors (Lipinski definition) is 1. The van der Waals surface area contributed by atoms with Crippen LogP contribution in [0.25, 0.3) is 10.9 Å². The van der Waals surface area contributed by atoms with Crippen molar-refractivity contribution in [1.82, 2.24) is 4.57 Å². The van der Waals surface area contributed by atoms with E-state index in [9.17, 15) is 10.0 Å². The molecule has 22 heavy (non-hydrogen) atoms. The van der Waals surface area contributed by atoms with E-state index < -0.39 is 0 Å². The van der Waals surface area contributed by atoms with E-state index in [0.29, 0.717) is 11.9 Å². The quantitative estimate of drug-likeness (QED) is 0.693. The predicted octanol–water partition coefficient (Wildman–Crippen LogP) is 4.56. The van der Waals surface area contributed by atoms with Gasteiger partial charge in [0.25, 0.3) is 0 Å². The van der Waals surface area contributed by atoms with Crippen LogP contribution in [-0.4, -0.2) is 16.8 Å². The van der Waals surface area contributed by atoms with Gasteiger partial charge in [-0.2, -0.15) is 0 Å². The third-order valence-corrected chi connectivity index (χ3v) is 4.06. The molecular weight excluding hydrogens is 348 g/mol. The predicted molar refractivity (Wildman–Crippen MR) is 88.9 cm³/mol. The summed E-state index contributed by atoms with van der Waals surface area (Å²) in [7, 11) is 1.61. The second kappa shape index (κ2) is 5.81. The average Bonchev–Trinajstić information content (AvgIpc) is 2.79. The first kappa shape index (κ1) is 14.6. The molecule has 5 nitrogen and oxygen atoms in total. The summed E-state index contributed by atoms with van der Waals surface area (Å²) in [4.78, 5) is 11.0. The van der Waals surface area contributed by atoms with Crippen LogP contribution in [0.1, 0.15) is 5.56 Å². The highest BCUT2D eigenvalue weighted by Gasteiger charge is 2.17. The number of nitrogens with zero attached hydrogens (tertiary/aromatic N) is 2. The minimum atomic E-state index is -0.126.